The van der Waals surface area contributed by atoms with Gasteiger partial charge in [-0.05, 0) is 30.7 Å². The average molecular weight is 353 g/mol. The van der Waals surface area contributed by atoms with E-state index in [9.17, 15) is 18.0 Å². The largest absolute Gasteiger partial charge is 0.368 e. The SMILES string of the molecule is CS(=O)(=O)NC1=NCCCN1c1ccc(C(=O)NCC(N)=O)cc1. The molecule has 1 heterocycles. The number of hydrogen-bond acceptors (Lipinski definition) is 6. The maximum Gasteiger partial charge on any atom is 0.251 e. The molecule has 1 aromatic carbocycles. The summed E-state index contributed by atoms with van der Waals surface area (Å²) in [7, 11) is -3.43. The summed E-state index contributed by atoms with van der Waals surface area (Å²) in [4.78, 5) is 28.5. The molecule has 1 aliphatic heterocycles. The van der Waals surface area contributed by atoms with Gasteiger partial charge in [-0.25, -0.2) is 8.42 Å². The molecule has 0 aromatic heterocycles. The van der Waals surface area contributed by atoms with Crippen molar-refractivity contribution in [2.45, 2.75) is 6.42 Å². The van der Waals surface area contributed by atoms with Gasteiger partial charge in [0.1, 0.15) is 0 Å². The summed E-state index contributed by atoms with van der Waals surface area (Å²) in [6.07, 6.45) is 1.85. The zero-order valence-corrected chi connectivity index (χ0v) is 14.0. The van der Waals surface area contributed by atoms with Crippen LogP contribution in [0.5, 0.6) is 0 Å². The van der Waals surface area contributed by atoms with Crippen molar-refractivity contribution in [3.05, 3.63) is 29.8 Å². The minimum Gasteiger partial charge on any atom is -0.368 e. The van der Waals surface area contributed by atoms with Crippen LogP contribution in [0.2, 0.25) is 0 Å². The highest BCUT2D eigenvalue weighted by Gasteiger charge is 2.20. The summed E-state index contributed by atoms with van der Waals surface area (Å²) < 4.78 is 25.3. The lowest BCUT2D eigenvalue weighted by atomic mass is 10.1. The standard InChI is InChI=1S/C14H19N5O4S/c1-24(22,23)18-14-16-7-2-8-19(14)11-5-3-10(4-6-11)13(21)17-9-12(15)20/h3-6H,2,7-9H2,1H3,(H2,15,20)(H,16,18)(H,17,21). The molecule has 1 aliphatic rings. The van der Waals surface area contributed by atoms with Gasteiger partial charge in [0.25, 0.3) is 5.91 Å². The van der Waals surface area contributed by atoms with E-state index in [0.29, 0.717) is 24.3 Å². The fraction of sp³-hybridized carbons (Fsp3) is 0.357. The highest BCUT2D eigenvalue weighted by Crippen LogP contribution is 2.18. The lowest BCUT2D eigenvalue weighted by Gasteiger charge is -2.29. The predicted octanol–water partition coefficient (Wildman–Crippen LogP) is -0.983. The molecular weight excluding hydrogens is 334 g/mol. The van der Waals surface area contributed by atoms with Gasteiger partial charge in [-0.2, -0.15) is 0 Å². The first-order chi connectivity index (χ1) is 11.3. The van der Waals surface area contributed by atoms with Crippen LogP contribution in [-0.2, 0) is 14.8 Å². The second-order valence-corrected chi connectivity index (χ2v) is 7.03. The normalized spacial score (nSPS) is 14.7. The number of benzene rings is 1. The highest BCUT2D eigenvalue weighted by atomic mass is 32.2. The van der Waals surface area contributed by atoms with Gasteiger partial charge in [0.2, 0.25) is 21.9 Å². The molecule has 0 spiro atoms. The number of sulfonamides is 1. The van der Waals surface area contributed by atoms with Crippen molar-refractivity contribution in [2.24, 2.45) is 10.7 Å². The molecule has 9 nitrogen and oxygen atoms in total. The molecule has 0 atom stereocenters. The number of aliphatic imine (C=N–C) groups is 1. The second-order valence-electron chi connectivity index (χ2n) is 5.28. The molecule has 0 radical (unpaired) electrons. The molecule has 2 amide bonds. The van der Waals surface area contributed by atoms with Crippen molar-refractivity contribution in [1.82, 2.24) is 10.0 Å². The number of amides is 2. The number of hydrogen-bond donors (Lipinski definition) is 3. The zero-order valence-electron chi connectivity index (χ0n) is 13.2. The number of nitrogens with zero attached hydrogens (tertiary/aromatic N) is 2. The first-order valence-electron chi connectivity index (χ1n) is 7.22. The van der Waals surface area contributed by atoms with Crippen molar-refractivity contribution >= 4 is 33.5 Å². The number of carbonyl (C=O) groups is 2. The van der Waals surface area contributed by atoms with Gasteiger partial charge >= 0.3 is 0 Å². The van der Waals surface area contributed by atoms with E-state index in [1.165, 1.54) is 0 Å². The topological polar surface area (TPSA) is 134 Å². The Morgan fingerprint density at radius 2 is 1.96 bits per heavy atom. The number of carbonyl (C=O) groups excluding carboxylic acids is 2. The van der Waals surface area contributed by atoms with Crippen LogP contribution >= 0.6 is 0 Å². The van der Waals surface area contributed by atoms with Crippen LogP contribution in [0.3, 0.4) is 0 Å². The first-order valence-corrected chi connectivity index (χ1v) is 9.12. The average Bonchev–Trinajstić information content (AvgIpc) is 2.52. The number of guanidine groups is 1. The molecule has 0 saturated heterocycles. The molecule has 0 unspecified atom stereocenters. The molecule has 0 saturated carbocycles. The molecule has 130 valence electrons. The first kappa shape index (κ1) is 17.7. The summed E-state index contributed by atoms with van der Waals surface area (Å²) >= 11 is 0. The van der Waals surface area contributed by atoms with Gasteiger partial charge in [0.05, 0.1) is 12.8 Å². The number of primary amides is 1. The lowest BCUT2D eigenvalue weighted by Crippen LogP contribution is -2.46. The third-order valence-corrected chi connectivity index (χ3v) is 3.75. The van der Waals surface area contributed by atoms with E-state index < -0.39 is 21.8 Å². The Labute approximate surface area is 140 Å². The van der Waals surface area contributed by atoms with Crippen molar-refractivity contribution in [3.63, 3.8) is 0 Å². The monoisotopic (exact) mass is 353 g/mol. The van der Waals surface area contributed by atoms with Gasteiger partial charge < -0.3 is 16.0 Å². The number of anilines is 1. The zero-order chi connectivity index (χ0) is 17.7. The Kier molecular flexibility index (Phi) is 5.39. The Morgan fingerprint density at radius 1 is 1.29 bits per heavy atom. The Bertz CT molecular complexity index is 758. The van der Waals surface area contributed by atoms with E-state index in [2.05, 4.69) is 15.0 Å². The molecule has 4 N–H and O–H groups in total. The van der Waals surface area contributed by atoms with Crippen molar-refractivity contribution < 1.29 is 18.0 Å². The van der Waals surface area contributed by atoms with E-state index >= 15 is 0 Å². The molecule has 2 rings (SSSR count). The van der Waals surface area contributed by atoms with E-state index in [1.54, 1.807) is 29.2 Å². The molecule has 24 heavy (non-hydrogen) atoms. The summed E-state index contributed by atoms with van der Waals surface area (Å²) in [5.74, 6) is -0.780. The van der Waals surface area contributed by atoms with Gasteiger partial charge in [-0.15, -0.1) is 0 Å². The third kappa shape index (κ3) is 4.95. The van der Waals surface area contributed by atoms with Crippen LogP contribution < -0.4 is 20.7 Å². The fourth-order valence-electron chi connectivity index (χ4n) is 2.17. The van der Waals surface area contributed by atoms with Crippen molar-refractivity contribution in [3.8, 4) is 0 Å². The summed E-state index contributed by atoms with van der Waals surface area (Å²) in [5.41, 5.74) is 6.05. The Balaban J connectivity index is 2.14. The molecular formula is C14H19N5O4S. The van der Waals surface area contributed by atoms with E-state index in [4.69, 9.17) is 5.73 Å². The molecule has 0 bridgehead atoms. The van der Waals surface area contributed by atoms with Crippen LogP contribution in [0, 0.1) is 0 Å². The Hall–Kier alpha value is -2.62. The third-order valence-electron chi connectivity index (χ3n) is 3.20. The fourth-order valence-corrected chi connectivity index (χ4v) is 2.68. The van der Waals surface area contributed by atoms with Crippen LogP contribution in [0.1, 0.15) is 16.8 Å². The molecule has 0 aliphatic carbocycles. The minimum absolute atomic E-state index is 0.234. The van der Waals surface area contributed by atoms with Crippen molar-refractivity contribution in [2.75, 3.05) is 30.8 Å². The quantitative estimate of drug-likeness (QED) is 0.625. The second kappa shape index (κ2) is 7.30. The molecule has 1 aromatic rings. The van der Waals surface area contributed by atoms with Gasteiger partial charge in [0.15, 0.2) is 0 Å². The van der Waals surface area contributed by atoms with Crippen LogP contribution in [-0.4, -0.2) is 52.1 Å². The number of rotatable bonds is 5. The van der Waals surface area contributed by atoms with Gasteiger partial charge in [-0.3, -0.25) is 19.3 Å². The number of nitrogens with two attached hydrogens (primary N) is 1. The van der Waals surface area contributed by atoms with E-state index in [0.717, 1.165) is 12.7 Å². The molecule has 10 heteroatoms. The van der Waals surface area contributed by atoms with Gasteiger partial charge in [0, 0.05) is 24.3 Å². The van der Waals surface area contributed by atoms with Crippen LogP contribution in [0.15, 0.2) is 29.3 Å². The predicted molar refractivity (Wildman–Crippen MR) is 90.2 cm³/mol. The summed E-state index contributed by atoms with van der Waals surface area (Å²) in [6.45, 7) is 0.915. The minimum atomic E-state index is -3.43. The number of nitrogens with one attached hydrogen (secondary N) is 2. The summed E-state index contributed by atoms with van der Waals surface area (Å²) in [6, 6.07) is 6.53. The van der Waals surface area contributed by atoms with Crippen LogP contribution in [0.4, 0.5) is 5.69 Å². The smallest absolute Gasteiger partial charge is 0.251 e. The highest BCUT2D eigenvalue weighted by molar-refractivity contribution is 7.89. The Morgan fingerprint density at radius 3 is 2.54 bits per heavy atom. The maximum atomic E-state index is 11.8. The van der Waals surface area contributed by atoms with Gasteiger partial charge in [-0.1, -0.05) is 0 Å². The molecule has 0 fully saturated rings. The van der Waals surface area contributed by atoms with Crippen LogP contribution in [0.25, 0.3) is 0 Å². The van der Waals surface area contributed by atoms with Crippen molar-refractivity contribution in [1.29, 1.82) is 0 Å². The van der Waals surface area contributed by atoms with E-state index in [-0.39, 0.29) is 12.5 Å². The summed E-state index contributed by atoms with van der Waals surface area (Å²) in [5, 5.41) is 2.39. The lowest BCUT2D eigenvalue weighted by molar-refractivity contribution is -0.117. The maximum absolute atomic E-state index is 11.8. The van der Waals surface area contributed by atoms with E-state index in [1.807, 2.05) is 0 Å².